The predicted molar refractivity (Wildman–Crippen MR) is 91.1 cm³/mol. The Morgan fingerprint density at radius 1 is 1.38 bits per heavy atom. The molecule has 0 aliphatic rings. The van der Waals surface area contributed by atoms with Gasteiger partial charge < -0.3 is 10.1 Å². The third-order valence-electron chi connectivity index (χ3n) is 2.91. The highest BCUT2D eigenvalue weighted by molar-refractivity contribution is 14.1. The maximum Gasteiger partial charge on any atom is 0.270 e. The lowest BCUT2D eigenvalue weighted by Crippen LogP contribution is -2.04. The number of hydrogen-bond acceptors (Lipinski definition) is 4. The molecule has 0 aromatic heterocycles. The summed E-state index contributed by atoms with van der Waals surface area (Å²) >= 11 is 8.23. The quantitative estimate of drug-likeness (QED) is 0.442. The number of methoxy groups -OCH3 is 1. The molecule has 0 aliphatic carbocycles. The highest BCUT2D eigenvalue weighted by Gasteiger charge is 2.11. The number of nitrogens with zero attached hydrogens (tertiary/aromatic N) is 1. The topological polar surface area (TPSA) is 64.4 Å². The fourth-order valence-corrected chi connectivity index (χ4v) is 2.77. The van der Waals surface area contributed by atoms with Crippen LogP contribution in [0.15, 0.2) is 36.4 Å². The number of nitro groups is 1. The Kier molecular flexibility index (Phi) is 5.24. The molecule has 0 radical (unpaired) electrons. The molecule has 0 saturated carbocycles. The van der Waals surface area contributed by atoms with E-state index in [0.29, 0.717) is 17.3 Å². The summed E-state index contributed by atoms with van der Waals surface area (Å²) in [4.78, 5) is 10.3. The first-order valence-corrected chi connectivity index (χ1v) is 7.47. The van der Waals surface area contributed by atoms with Crippen LogP contribution in [0.1, 0.15) is 5.56 Å². The molecule has 0 heterocycles. The first kappa shape index (κ1) is 15.8. The Balaban J connectivity index is 2.19. The Morgan fingerprint density at radius 2 is 2.14 bits per heavy atom. The lowest BCUT2D eigenvalue weighted by molar-refractivity contribution is -0.384. The second-order valence-electron chi connectivity index (χ2n) is 4.20. The Bertz CT molecular complexity index is 679. The molecule has 0 spiro atoms. The molecule has 110 valence electrons. The van der Waals surface area contributed by atoms with E-state index < -0.39 is 4.92 Å². The number of nitro benzene ring substituents is 1. The van der Waals surface area contributed by atoms with E-state index in [2.05, 4.69) is 27.9 Å². The van der Waals surface area contributed by atoms with Gasteiger partial charge in [0, 0.05) is 38.5 Å². The minimum Gasteiger partial charge on any atom is -0.496 e. The van der Waals surface area contributed by atoms with Crippen molar-refractivity contribution in [3.05, 3.63) is 60.7 Å². The highest BCUT2D eigenvalue weighted by atomic mass is 127. The highest BCUT2D eigenvalue weighted by Crippen LogP contribution is 2.29. The summed E-state index contributed by atoms with van der Waals surface area (Å²) in [6.07, 6.45) is 0. The third-order valence-corrected chi connectivity index (χ3v) is 4.16. The molecule has 0 unspecified atom stereocenters. The molecule has 2 aromatic rings. The minimum absolute atomic E-state index is 0.0697. The zero-order valence-electron chi connectivity index (χ0n) is 11.1. The van der Waals surface area contributed by atoms with Gasteiger partial charge in [-0.15, -0.1) is 0 Å². The van der Waals surface area contributed by atoms with Crippen LogP contribution in [0.5, 0.6) is 5.75 Å². The van der Waals surface area contributed by atoms with Crippen molar-refractivity contribution in [2.75, 3.05) is 12.4 Å². The summed E-state index contributed by atoms with van der Waals surface area (Å²) in [5.74, 6) is 0.701. The zero-order chi connectivity index (χ0) is 15.4. The van der Waals surface area contributed by atoms with Gasteiger partial charge in [0.2, 0.25) is 0 Å². The van der Waals surface area contributed by atoms with Crippen molar-refractivity contribution in [1.29, 1.82) is 0 Å². The third kappa shape index (κ3) is 3.76. The van der Waals surface area contributed by atoms with E-state index in [-0.39, 0.29) is 5.69 Å². The summed E-state index contributed by atoms with van der Waals surface area (Å²) in [6.45, 7) is 0.469. The second-order valence-corrected chi connectivity index (χ2v) is 5.76. The summed E-state index contributed by atoms with van der Waals surface area (Å²) in [6, 6.07) is 10.1. The van der Waals surface area contributed by atoms with Crippen molar-refractivity contribution in [3.63, 3.8) is 0 Å². The largest absolute Gasteiger partial charge is 0.496 e. The molecule has 5 nitrogen and oxygen atoms in total. The van der Waals surface area contributed by atoms with Crippen LogP contribution in [0.3, 0.4) is 0 Å². The van der Waals surface area contributed by atoms with E-state index in [4.69, 9.17) is 16.3 Å². The monoisotopic (exact) mass is 418 g/mol. The van der Waals surface area contributed by atoms with Crippen LogP contribution < -0.4 is 10.1 Å². The van der Waals surface area contributed by atoms with Crippen LogP contribution in [0, 0.1) is 13.7 Å². The second kappa shape index (κ2) is 6.95. The predicted octanol–water partition coefficient (Wildman–Crippen LogP) is 4.47. The average Bonchev–Trinajstić information content (AvgIpc) is 2.46. The molecular weight excluding hydrogens is 407 g/mol. The van der Waals surface area contributed by atoms with Crippen LogP contribution in [-0.2, 0) is 6.54 Å². The van der Waals surface area contributed by atoms with Gasteiger partial charge in [-0.1, -0.05) is 17.7 Å². The first-order chi connectivity index (χ1) is 10.0. The fourth-order valence-electron chi connectivity index (χ4n) is 1.85. The lowest BCUT2D eigenvalue weighted by atomic mass is 10.2. The normalized spacial score (nSPS) is 10.2. The SMILES string of the molecule is COc1cccc(Cl)c1CNc1ccc([N+](=O)[O-])cc1I. The van der Waals surface area contributed by atoms with Crippen molar-refractivity contribution in [3.8, 4) is 5.75 Å². The van der Waals surface area contributed by atoms with E-state index in [0.717, 1.165) is 14.8 Å². The van der Waals surface area contributed by atoms with E-state index in [9.17, 15) is 10.1 Å². The van der Waals surface area contributed by atoms with Crippen molar-refractivity contribution in [2.24, 2.45) is 0 Å². The summed E-state index contributed by atoms with van der Waals surface area (Å²) < 4.78 is 6.05. The van der Waals surface area contributed by atoms with Gasteiger partial charge in [-0.05, 0) is 40.8 Å². The molecule has 2 aromatic carbocycles. The van der Waals surface area contributed by atoms with E-state index in [1.54, 1.807) is 19.2 Å². The van der Waals surface area contributed by atoms with E-state index in [1.165, 1.54) is 12.1 Å². The Hall–Kier alpha value is -1.54. The maximum atomic E-state index is 10.7. The maximum absolute atomic E-state index is 10.7. The van der Waals surface area contributed by atoms with Crippen LogP contribution in [0.4, 0.5) is 11.4 Å². The van der Waals surface area contributed by atoms with Crippen LogP contribution >= 0.6 is 34.2 Å². The van der Waals surface area contributed by atoms with Gasteiger partial charge in [-0.2, -0.15) is 0 Å². The minimum atomic E-state index is -0.414. The van der Waals surface area contributed by atoms with Crippen LogP contribution in [0.2, 0.25) is 5.02 Å². The average molecular weight is 419 g/mol. The van der Waals surface area contributed by atoms with Gasteiger partial charge >= 0.3 is 0 Å². The number of rotatable bonds is 5. The molecule has 0 bridgehead atoms. The number of hydrogen-bond donors (Lipinski definition) is 1. The van der Waals surface area contributed by atoms with Crippen molar-refractivity contribution >= 4 is 45.6 Å². The lowest BCUT2D eigenvalue weighted by Gasteiger charge is -2.13. The van der Waals surface area contributed by atoms with Gasteiger partial charge in [-0.3, -0.25) is 10.1 Å². The van der Waals surface area contributed by atoms with Crippen molar-refractivity contribution in [2.45, 2.75) is 6.54 Å². The molecule has 1 N–H and O–H groups in total. The molecule has 2 rings (SSSR count). The molecule has 0 atom stereocenters. The Labute approximate surface area is 140 Å². The molecule has 0 aliphatic heterocycles. The van der Waals surface area contributed by atoms with E-state index in [1.807, 2.05) is 12.1 Å². The smallest absolute Gasteiger partial charge is 0.270 e. The fraction of sp³-hybridized carbons (Fsp3) is 0.143. The van der Waals surface area contributed by atoms with Gasteiger partial charge in [0.25, 0.3) is 5.69 Å². The molecule has 0 saturated heterocycles. The molecule has 0 fully saturated rings. The molecule has 21 heavy (non-hydrogen) atoms. The van der Waals surface area contributed by atoms with E-state index >= 15 is 0 Å². The molecular formula is C14H12ClIN2O3. The van der Waals surface area contributed by atoms with Gasteiger partial charge in [0.05, 0.1) is 12.0 Å². The molecule has 0 amide bonds. The number of benzene rings is 2. The van der Waals surface area contributed by atoms with Gasteiger partial charge in [0.15, 0.2) is 0 Å². The van der Waals surface area contributed by atoms with Gasteiger partial charge in [0.1, 0.15) is 5.75 Å². The zero-order valence-corrected chi connectivity index (χ0v) is 14.0. The standard InChI is InChI=1S/C14H12ClIN2O3/c1-21-14-4-2-3-11(15)10(14)8-17-13-6-5-9(18(19)20)7-12(13)16/h2-7,17H,8H2,1H3. The van der Waals surface area contributed by atoms with Crippen molar-refractivity contribution < 1.29 is 9.66 Å². The number of nitrogens with one attached hydrogen (secondary N) is 1. The first-order valence-electron chi connectivity index (χ1n) is 6.02. The number of ether oxygens (including phenoxy) is 1. The van der Waals surface area contributed by atoms with Gasteiger partial charge in [-0.25, -0.2) is 0 Å². The van der Waals surface area contributed by atoms with Crippen molar-refractivity contribution in [1.82, 2.24) is 0 Å². The summed E-state index contributed by atoms with van der Waals surface area (Å²) in [5, 5.41) is 14.5. The number of anilines is 1. The summed E-state index contributed by atoms with van der Waals surface area (Å²) in [5.41, 5.74) is 1.72. The van der Waals surface area contributed by atoms with Crippen LogP contribution in [0.25, 0.3) is 0 Å². The number of non-ortho nitro benzene ring substituents is 1. The summed E-state index contributed by atoms with van der Waals surface area (Å²) in [7, 11) is 1.59. The van der Waals surface area contributed by atoms with Crippen LogP contribution in [-0.4, -0.2) is 12.0 Å². The number of halogens is 2. The molecule has 7 heteroatoms. The Morgan fingerprint density at radius 3 is 2.76 bits per heavy atom.